The van der Waals surface area contributed by atoms with Crippen LogP contribution < -0.4 is 11.5 Å². The molecule has 0 aromatic rings. The average Bonchev–Trinajstić information content (AvgIpc) is 1.84. The van der Waals surface area contributed by atoms with Gasteiger partial charge in [-0.1, -0.05) is 27.7 Å². The molecular formula is C8H20N2. The van der Waals surface area contributed by atoms with Gasteiger partial charge in [0.2, 0.25) is 0 Å². The van der Waals surface area contributed by atoms with Crippen LogP contribution in [0.25, 0.3) is 0 Å². The van der Waals surface area contributed by atoms with E-state index in [2.05, 4.69) is 27.7 Å². The van der Waals surface area contributed by atoms with E-state index in [9.17, 15) is 0 Å². The molecule has 0 rings (SSSR count). The highest BCUT2D eigenvalue weighted by Crippen LogP contribution is 2.29. The second-order valence-corrected chi connectivity index (χ2v) is 3.96. The lowest BCUT2D eigenvalue weighted by atomic mass is 9.73. The van der Waals surface area contributed by atoms with Crippen molar-refractivity contribution < 1.29 is 0 Å². The third-order valence-corrected chi connectivity index (χ3v) is 2.49. The summed E-state index contributed by atoms with van der Waals surface area (Å²) < 4.78 is 0. The summed E-state index contributed by atoms with van der Waals surface area (Å²) in [6, 6.07) is 0. The molecular weight excluding hydrogens is 124 g/mol. The van der Waals surface area contributed by atoms with Crippen LogP contribution in [0.4, 0.5) is 0 Å². The van der Waals surface area contributed by atoms with E-state index < -0.39 is 0 Å². The summed E-state index contributed by atoms with van der Waals surface area (Å²) >= 11 is 0. The van der Waals surface area contributed by atoms with Gasteiger partial charge >= 0.3 is 0 Å². The van der Waals surface area contributed by atoms with Gasteiger partial charge in [0.15, 0.2) is 0 Å². The lowest BCUT2D eigenvalue weighted by Crippen LogP contribution is -2.56. The van der Waals surface area contributed by atoms with Gasteiger partial charge in [-0.3, -0.25) is 0 Å². The van der Waals surface area contributed by atoms with Crippen LogP contribution in [0, 0.1) is 5.41 Å². The Bertz CT molecular complexity index is 98.3. The van der Waals surface area contributed by atoms with Gasteiger partial charge in [0, 0.05) is 12.1 Å². The Morgan fingerprint density at radius 2 is 1.60 bits per heavy atom. The highest BCUT2D eigenvalue weighted by Gasteiger charge is 2.34. The Kier molecular flexibility index (Phi) is 2.86. The molecule has 0 fully saturated rings. The third-order valence-electron chi connectivity index (χ3n) is 2.49. The molecule has 4 N–H and O–H groups in total. The van der Waals surface area contributed by atoms with E-state index >= 15 is 0 Å². The van der Waals surface area contributed by atoms with Crippen molar-refractivity contribution >= 4 is 0 Å². The minimum Gasteiger partial charge on any atom is -0.329 e. The summed E-state index contributed by atoms with van der Waals surface area (Å²) in [7, 11) is 0. The molecule has 62 valence electrons. The van der Waals surface area contributed by atoms with Gasteiger partial charge in [-0.2, -0.15) is 0 Å². The first-order valence-corrected chi connectivity index (χ1v) is 3.86. The molecule has 0 aliphatic carbocycles. The maximum Gasteiger partial charge on any atom is 0.0325 e. The normalized spacial score (nSPS) is 18.6. The van der Waals surface area contributed by atoms with Gasteiger partial charge in [-0.15, -0.1) is 0 Å². The van der Waals surface area contributed by atoms with Crippen LogP contribution in [0.2, 0.25) is 0 Å². The van der Waals surface area contributed by atoms with E-state index in [1.54, 1.807) is 0 Å². The first-order chi connectivity index (χ1) is 4.37. The second-order valence-electron chi connectivity index (χ2n) is 3.96. The molecule has 0 aliphatic heterocycles. The van der Waals surface area contributed by atoms with Crippen LogP contribution >= 0.6 is 0 Å². The van der Waals surface area contributed by atoms with Crippen LogP contribution in [0.1, 0.15) is 34.1 Å². The zero-order valence-corrected chi connectivity index (χ0v) is 7.57. The second kappa shape index (κ2) is 2.89. The predicted molar refractivity (Wildman–Crippen MR) is 45.7 cm³/mol. The molecule has 0 spiro atoms. The zero-order valence-electron chi connectivity index (χ0n) is 7.57. The number of nitrogens with two attached hydrogens (primary N) is 2. The average molecular weight is 144 g/mol. The molecule has 0 aliphatic rings. The standard InChI is InChI=1S/C8H20N2/c1-5-8(10,6-9)7(2,3)4/h5-6,9-10H2,1-4H3. The summed E-state index contributed by atoms with van der Waals surface area (Å²) in [6.45, 7) is 9.03. The predicted octanol–water partition coefficient (Wildman–Crippen LogP) is 1.10. The first-order valence-electron chi connectivity index (χ1n) is 3.86. The Labute approximate surface area is 64.0 Å². The maximum atomic E-state index is 6.05. The summed E-state index contributed by atoms with van der Waals surface area (Å²) in [5.74, 6) is 0. The van der Waals surface area contributed by atoms with Crippen molar-refractivity contribution in [1.82, 2.24) is 0 Å². The van der Waals surface area contributed by atoms with Crippen molar-refractivity contribution in [3.8, 4) is 0 Å². The van der Waals surface area contributed by atoms with E-state index in [1.165, 1.54) is 0 Å². The molecule has 0 saturated heterocycles. The van der Waals surface area contributed by atoms with E-state index in [4.69, 9.17) is 11.5 Å². The quantitative estimate of drug-likeness (QED) is 0.609. The lowest BCUT2D eigenvalue weighted by Gasteiger charge is -2.40. The van der Waals surface area contributed by atoms with Gasteiger partial charge in [-0.05, 0) is 11.8 Å². The molecule has 1 atom stereocenters. The van der Waals surface area contributed by atoms with E-state index in [0.29, 0.717) is 6.54 Å². The lowest BCUT2D eigenvalue weighted by molar-refractivity contribution is 0.188. The molecule has 0 bridgehead atoms. The SMILES string of the molecule is CCC(N)(CN)C(C)(C)C. The largest absolute Gasteiger partial charge is 0.329 e. The van der Waals surface area contributed by atoms with E-state index in [0.717, 1.165) is 6.42 Å². The monoisotopic (exact) mass is 144 g/mol. The van der Waals surface area contributed by atoms with Gasteiger partial charge in [0.05, 0.1) is 0 Å². The third kappa shape index (κ3) is 1.70. The molecule has 0 saturated carbocycles. The molecule has 0 amide bonds. The zero-order chi connectivity index (χ0) is 8.41. The Balaban J connectivity index is 4.33. The van der Waals surface area contributed by atoms with Crippen LogP contribution in [0.15, 0.2) is 0 Å². The minimum absolute atomic E-state index is 0.108. The minimum atomic E-state index is -0.201. The number of hydrogen-bond donors (Lipinski definition) is 2. The molecule has 0 aromatic heterocycles. The highest BCUT2D eigenvalue weighted by atomic mass is 14.8. The van der Waals surface area contributed by atoms with Gasteiger partial charge < -0.3 is 11.5 Å². The van der Waals surface area contributed by atoms with Crippen molar-refractivity contribution in [3.05, 3.63) is 0 Å². The first kappa shape index (κ1) is 9.92. The molecule has 0 radical (unpaired) electrons. The molecule has 2 heteroatoms. The van der Waals surface area contributed by atoms with Crippen molar-refractivity contribution in [2.24, 2.45) is 16.9 Å². The fourth-order valence-corrected chi connectivity index (χ4v) is 0.981. The molecule has 2 nitrogen and oxygen atoms in total. The topological polar surface area (TPSA) is 52.0 Å². The maximum absolute atomic E-state index is 6.05. The summed E-state index contributed by atoms with van der Waals surface area (Å²) in [4.78, 5) is 0. The van der Waals surface area contributed by atoms with Crippen molar-refractivity contribution in [1.29, 1.82) is 0 Å². The smallest absolute Gasteiger partial charge is 0.0325 e. The molecule has 0 heterocycles. The van der Waals surface area contributed by atoms with E-state index in [-0.39, 0.29) is 11.0 Å². The number of rotatable bonds is 2. The van der Waals surface area contributed by atoms with Crippen LogP contribution in [-0.4, -0.2) is 12.1 Å². The summed E-state index contributed by atoms with van der Waals surface area (Å²) in [5.41, 5.74) is 11.5. The van der Waals surface area contributed by atoms with Gasteiger partial charge in [0.25, 0.3) is 0 Å². The van der Waals surface area contributed by atoms with Crippen LogP contribution in [-0.2, 0) is 0 Å². The summed E-state index contributed by atoms with van der Waals surface area (Å²) in [5, 5.41) is 0. The summed E-state index contributed by atoms with van der Waals surface area (Å²) in [6.07, 6.45) is 0.938. The van der Waals surface area contributed by atoms with E-state index in [1.807, 2.05) is 0 Å². The van der Waals surface area contributed by atoms with Crippen LogP contribution in [0.3, 0.4) is 0 Å². The Morgan fingerprint density at radius 3 is 1.60 bits per heavy atom. The Morgan fingerprint density at radius 1 is 1.20 bits per heavy atom. The van der Waals surface area contributed by atoms with Gasteiger partial charge in [0.1, 0.15) is 0 Å². The van der Waals surface area contributed by atoms with Crippen molar-refractivity contribution in [2.45, 2.75) is 39.7 Å². The van der Waals surface area contributed by atoms with Crippen LogP contribution in [0.5, 0.6) is 0 Å². The molecule has 10 heavy (non-hydrogen) atoms. The van der Waals surface area contributed by atoms with Crippen molar-refractivity contribution in [3.63, 3.8) is 0 Å². The fourth-order valence-electron chi connectivity index (χ4n) is 0.981. The van der Waals surface area contributed by atoms with Crippen molar-refractivity contribution in [2.75, 3.05) is 6.54 Å². The Hall–Kier alpha value is -0.0800. The molecule has 1 unspecified atom stereocenters. The fraction of sp³-hybridized carbons (Fsp3) is 1.00. The highest BCUT2D eigenvalue weighted by molar-refractivity contribution is 4.94. The number of hydrogen-bond acceptors (Lipinski definition) is 2. The molecule has 0 aromatic carbocycles. The van der Waals surface area contributed by atoms with Gasteiger partial charge in [-0.25, -0.2) is 0 Å².